The second-order valence-corrected chi connectivity index (χ2v) is 5.68. The van der Waals surface area contributed by atoms with Crippen LogP contribution in [0.15, 0.2) is 24.3 Å². The largest absolute Gasteiger partial charge is 0.389 e. The molecular formula is C15H20N2OS. The van der Waals surface area contributed by atoms with Crippen LogP contribution in [0, 0.1) is 5.41 Å². The smallest absolute Gasteiger partial charge is 0.230 e. The van der Waals surface area contributed by atoms with Crippen molar-refractivity contribution in [3.05, 3.63) is 29.8 Å². The van der Waals surface area contributed by atoms with Gasteiger partial charge in [0.15, 0.2) is 0 Å². The average Bonchev–Trinajstić information content (AvgIpc) is 2.89. The van der Waals surface area contributed by atoms with E-state index in [0.717, 1.165) is 43.4 Å². The van der Waals surface area contributed by atoms with Crippen LogP contribution >= 0.6 is 12.2 Å². The van der Waals surface area contributed by atoms with E-state index in [4.69, 9.17) is 18.0 Å². The van der Waals surface area contributed by atoms with Gasteiger partial charge < -0.3 is 11.1 Å². The van der Waals surface area contributed by atoms with E-state index in [9.17, 15) is 4.79 Å². The summed E-state index contributed by atoms with van der Waals surface area (Å²) in [5.41, 5.74) is 7.01. The van der Waals surface area contributed by atoms with Crippen molar-refractivity contribution in [2.45, 2.75) is 39.0 Å². The second kappa shape index (κ2) is 5.70. The lowest BCUT2D eigenvalue weighted by atomic mass is 9.82. The summed E-state index contributed by atoms with van der Waals surface area (Å²) in [6.45, 7) is 2.10. The van der Waals surface area contributed by atoms with Crippen LogP contribution in [0.4, 0.5) is 5.69 Å². The number of carbonyl (C=O) groups excluding carboxylic acids is 1. The third-order valence-corrected chi connectivity index (χ3v) is 4.38. The minimum Gasteiger partial charge on any atom is -0.389 e. The Hall–Kier alpha value is -1.42. The van der Waals surface area contributed by atoms with E-state index in [1.165, 1.54) is 0 Å². The molecule has 0 spiro atoms. The van der Waals surface area contributed by atoms with Crippen LogP contribution in [0.5, 0.6) is 0 Å². The summed E-state index contributed by atoms with van der Waals surface area (Å²) in [4.78, 5) is 12.8. The van der Waals surface area contributed by atoms with Gasteiger partial charge in [0.2, 0.25) is 5.91 Å². The summed E-state index contributed by atoms with van der Waals surface area (Å²) in [6, 6.07) is 7.38. The molecule has 102 valence electrons. The number of nitrogens with one attached hydrogen (secondary N) is 1. The minimum absolute atomic E-state index is 0.149. The molecule has 3 nitrogen and oxygen atoms in total. The molecule has 0 atom stereocenters. The number of carbonyl (C=O) groups is 1. The Kier molecular flexibility index (Phi) is 4.20. The monoisotopic (exact) mass is 276 g/mol. The number of thiocarbonyl (C=S) groups is 1. The first-order valence-electron chi connectivity index (χ1n) is 6.79. The third kappa shape index (κ3) is 2.95. The number of hydrogen-bond donors (Lipinski definition) is 2. The lowest BCUT2D eigenvalue weighted by Crippen LogP contribution is -2.33. The van der Waals surface area contributed by atoms with E-state index in [1.54, 1.807) is 0 Å². The molecule has 1 saturated carbocycles. The number of amides is 1. The van der Waals surface area contributed by atoms with Gasteiger partial charge in [0, 0.05) is 16.7 Å². The molecule has 0 unspecified atom stereocenters. The molecule has 0 aliphatic heterocycles. The van der Waals surface area contributed by atoms with E-state index >= 15 is 0 Å². The van der Waals surface area contributed by atoms with Crippen molar-refractivity contribution in [2.24, 2.45) is 11.1 Å². The van der Waals surface area contributed by atoms with Crippen molar-refractivity contribution in [1.29, 1.82) is 0 Å². The highest BCUT2D eigenvalue weighted by atomic mass is 32.1. The summed E-state index contributed by atoms with van der Waals surface area (Å²) in [6.07, 6.45) is 5.22. The van der Waals surface area contributed by atoms with Gasteiger partial charge in [0.1, 0.15) is 4.99 Å². The van der Waals surface area contributed by atoms with Crippen LogP contribution < -0.4 is 11.1 Å². The van der Waals surface area contributed by atoms with Crippen molar-refractivity contribution < 1.29 is 4.79 Å². The number of anilines is 1. The predicted molar refractivity (Wildman–Crippen MR) is 82.2 cm³/mol. The Bertz CT molecular complexity index is 475. The maximum absolute atomic E-state index is 12.4. The van der Waals surface area contributed by atoms with Gasteiger partial charge in [-0.1, -0.05) is 32.0 Å². The lowest BCUT2D eigenvalue weighted by molar-refractivity contribution is -0.125. The molecule has 1 aliphatic carbocycles. The van der Waals surface area contributed by atoms with Gasteiger partial charge >= 0.3 is 0 Å². The quantitative estimate of drug-likeness (QED) is 0.830. The van der Waals surface area contributed by atoms with Crippen molar-refractivity contribution in [2.75, 3.05) is 5.32 Å². The van der Waals surface area contributed by atoms with Crippen LogP contribution in [-0.4, -0.2) is 10.9 Å². The van der Waals surface area contributed by atoms with Gasteiger partial charge in [0.25, 0.3) is 0 Å². The van der Waals surface area contributed by atoms with Crippen molar-refractivity contribution in [3.63, 3.8) is 0 Å². The Morgan fingerprint density at radius 1 is 1.32 bits per heavy atom. The molecular weight excluding hydrogens is 256 g/mol. The molecule has 1 fully saturated rings. The Balaban J connectivity index is 2.08. The highest BCUT2D eigenvalue weighted by molar-refractivity contribution is 7.80. The fraction of sp³-hybridized carbons (Fsp3) is 0.467. The first kappa shape index (κ1) is 14.0. The Morgan fingerprint density at radius 3 is 2.37 bits per heavy atom. The SMILES string of the molecule is CCC1(C(=O)Nc2ccc(C(N)=S)cc2)CCCC1. The van der Waals surface area contributed by atoms with Crippen LogP contribution in [0.1, 0.15) is 44.6 Å². The molecule has 1 aromatic rings. The van der Waals surface area contributed by atoms with Crippen molar-refractivity contribution in [1.82, 2.24) is 0 Å². The highest BCUT2D eigenvalue weighted by Crippen LogP contribution is 2.41. The molecule has 3 N–H and O–H groups in total. The van der Waals surface area contributed by atoms with E-state index < -0.39 is 0 Å². The van der Waals surface area contributed by atoms with Gasteiger partial charge in [-0.2, -0.15) is 0 Å². The number of rotatable bonds is 4. The first-order valence-corrected chi connectivity index (χ1v) is 7.19. The molecule has 0 aromatic heterocycles. The molecule has 1 aliphatic rings. The number of nitrogens with two attached hydrogens (primary N) is 1. The molecule has 0 bridgehead atoms. The maximum atomic E-state index is 12.4. The van der Waals surface area contributed by atoms with Crippen LogP contribution in [0.3, 0.4) is 0 Å². The fourth-order valence-electron chi connectivity index (χ4n) is 2.77. The zero-order chi connectivity index (χ0) is 13.9. The molecule has 1 aromatic carbocycles. The summed E-state index contributed by atoms with van der Waals surface area (Å²) in [5, 5.41) is 3.02. The van der Waals surface area contributed by atoms with Crippen LogP contribution in [-0.2, 0) is 4.79 Å². The first-order chi connectivity index (χ1) is 9.07. The third-order valence-electron chi connectivity index (χ3n) is 4.15. The van der Waals surface area contributed by atoms with Gasteiger partial charge in [-0.3, -0.25) is 4.79 Å². The summed E-state index contributed by atoms with van der Waals surface area (Å²) < 4.78 is 0. The predicted octanol–water partition coefficient (Wildman–Crippen LogP) is 3.23. The molecule has 2 rings (SSSR count). The summed E-state index contributed by atoms with van der Waals surface area (Å²) >= 11 is 4.91. The van der Waals surface area contributed by atoms with Gasteiger partial charge in [-0.25, -0.2) is 0 Å². The molecule has 0 heterocycles. The normalized spacial score (nSPS) is 17.1. The standard InChI is InChI=1S/C15H20N2OS/c1-2-15(9-3-4-10-15)14(18)17-12-7-5-11(6-8-12)13(16)19/h5-8H,2-4,9-10H2,1H3,(H2,16,19)(H,17,18). The molecule has 0 radical (unpaired) electrons. The topological polar surface area (TPSA) is 55.1 Å². The zero-order valence-corrected chi connectivity index (χ0v) is 12.1. The maximum Gasteiger partial charge on any atom is 0.230 e. The average molecular weight is 276 g/mol. The molecule has 4 heteroatoms. The number of hydrogen-bond acceptors (Lipinski definition) is 2. The summed E-state index contributed by atoms with van der Waals surface area (Å²) in [5.74, 6) is 0.149. The zero-order valence-electron chi connectivity index (χ0n) is 11.2. The van der Waals surface area contributed by atoms with E-state index in [2.05, 4.69) is 12.2 Å². The van der Waals surface area contributed by atoms with E-state index in [-0.39, 0.29) is 11.3 Å². The van der Waals surface area contributed by atoms with Crippen molar-refractivity contribution in [3.8, 4) is 0 Å². The van der Waals surface area contributed by atoms with Gasteiger partial charge in [-0.15, -0.1) is 0 Å². The van der Waals surface area contributed by atoms with Crippen molar-refractivity contribution >= 4 is 28.8 Å². The molecule has 19 heavy (non-hydrogen) atoms. The fourth-order valence-corrected chi connectivity index (χ4v) is 2.91. The number of benzene rings is 1. The Labute approximate surface area is 119 Å². The Morgan fingerprint density at radius 2 is 1.89 bits per heavy atom. The second-order valence-electron chi connectivity index (χ2n) is 5.24. The van der Waals surface area contributed by atoms with E-state index in [1.807, 2.05) is 24.3 Å². The lowest BCUT2D eigenvalue weighted by Gasteiger charge is -2.26. The van der Waals surface area contributed by atoms with Crippen LogP contribution in [0.25, 0.3) is 0 Å². The molecule has 1 amide bonds. The van der Waals surface area contributed by atoms with Gasteiger partial charge in [0.05, 0.1) is 0 Å². The van der Waals surface area contributed by atoms with Gasteiger partial charge in [-0.05, 0) is 43.5 Å². The summed E-state index contributed by atoms with van der Waals surface area (Å²) in [7, 11) is 0. The highest BCUT2D eigenvalue weighted by Gasteiger charge is 2.39. The van der Waals surface area contributed by atoms with E-state index in [0.29, 0.717) is 4.99 Å². The van der Waals surface area contributed by atoms with Crippen LogP contribution in [0.2, 0.25) is 0 Å². The minimum atomic E-state index is -0.165. The molecule has 0 saturated heterocycles.